The minimum Gasteiger partial charge on any atom is -0.317 e. The van der Waals surface area contributed by atoms with E-state index in [0.717, 1.165) is 32.1 Å². The summed E-state index contributed by atoms with van der Waals surface area (Å²) in [7, 11) is 0. The second-order valence-electron chi connectivity index (χ2n) is 5.51. The molecule has 0 aliphatic heterocycles. The second kappa shape index (κ2) is 8.12. The van der Waals surface area contributed by atoms with Gasteiger partial charge in [0.2, 0.25) is 0 Å². The van der Waals surface area contributed by atoms with Gasteiger partial charge in [-0.25, -0.2) is 0 Å². The molecule has 0 aliphatic rings. The molecule has 0 aliphatic carbocycles. The standard InChI is InChI=1S/C13H30N2/c1-6-14-9-7-10-15-11-8-12(2)13(3,4)5/h12,14-15H,6-11H2,1-5H3. The molecule has 0 aromatic heterocycles. The lowest BCUT2D eigenvalue weighted by Crippen LogP contribution is -2.26. The first-order valence-corrected chi connectivity index (χ1v) is 6.40. The Hall–Kier alpha value is -0.0800. The fourth-order valence-corrected chi connectivity index (χ4v) is 1.39. The minimum atomic E-state index is 0.450. The van der Waals surface area contributed by atoms with Crippen LogP contribution in [0.2, 0.25) is 0 Å². The highest BCUT2D eigenvalue weighted by atomic mass is 14.9. The van der Waals surface area contributed by atoms with E-state index in [1.807, 2.05) is 0 Å². The lowest BCUT2D eigenvalue weighted by atomic mass is 9.80. The van der Waals surface area contributed by atoms with Crippen LogP contribution in [-0.2, 0) is 0 Å². The third kappa shape index (κ3) is 8.88. The van der Waals surface area contributed by atoms with Crippen molar-refractivity contribution in [2.75, 3.05) is 26.2 Å². The molecule has 2 nitrogen and oxygen atoms in total. The van der Waals surface area contributed by atoms with Crippen LogP contribution in [-0.4, -0.2) is 26.2 Å². The van der Waals surface area contributed by atoms with E-state index in [1.54, 1.807) is 0 Å². The highest BCUT2D eigenvalue weighted by Gasteiger charge is 2.18. The first-order valence-electron chi connectivity index (χ1n) is 6.40. The Kier molecular flexibility index (Phi) is 8.07. The fourth-order valence-electron chi connectivity index (χ4n) is 1.39. The van der Waals surface area contributed by atoms with Crippen molar-refractivity contribution in [3.63, 3.8) is 0 Å². The van der Waals surface area contributed by atoms with E-state index in [2.05, 4.69) is 45.3 Å². The molecule has 1 atom stereocenters. The summed E-state index contributed by atoms with van der Waals surface area (Å²) in [6.07, 6.45) is 2.52. The van der Waals surface area contributed by atoms with Crippen molar-refractivity contribution in [3.05, 3.63) is 0 Å². The molecule has 92 valence electrons. The summed E-state index contributed by atoms with van der Waals surface area (Å²) in [6.45, 7) is 16.0. The summed E-state index contributed by atoms with van der Waals surface area (Å²) in [5, 5.41) is 6.84. The lowest BCUT2D eigenvalue weighted by Gasteiger charge is -2.27. The molecule has 0 rings (SSSR count). The van der Waals surface area contributed by atoms with Crippen molar-refractivity contribution in [1.29, 1.82) is 0 Å². The Balaban J connectivity index is 3.24. The van der Waals surface area contributed by atoms with E-state index in [9.17, 15) is 0 Å². The molecule has 0 fully saturated rings. The monoisotopic (exact) mass is 214 g/mol. The molecule has 0 bridgehead atoms. The van der Waals surface area contributed by atoms with Crippen molar-refractivity contribution in [2.24, 2.45) is 11.3 Å². The van der Waals surface area contributed by atoms with Gasteiger partial charge in [0, 0.05) is 0 Å². The molecule has 0 aromatic rings. The van der Waals surface area contributed by atoms with Crippen molar-refractivity contribution in [2.45, 2.75) is 47.5 Å². The maximum absolute atomic E-state index is 3.51. The van der Waals surface area contributed by atoms with Crippen molar-refractivity contribution in [1.82, 2.24) is 10.6 Å². The molecule has 2 N–H and O–H groups in total. The van der Waals surface area contributed by atoms with E-state index in [0.29, 0.717) is 5.41 Å². The largest absolute Gasteiger partial charge is 0.317 e. The molecule has 0 spiro atoms. The van der Waals surface area contributed by atoms with Gasteiger partial charge in [0.25, 0.3) is 0 Å². The normalized spacial score (nSPS) is 14.2. The molecule has 0 aromatic carbocycles. The van der Waals surface area contributed by atoms with Crippen LogP contribution in [0.3, 0.4) is 0 Å². The maximum atomic E-state index is 3.51. The Morgan fingerprint density at radius 3 is 2.13 bits per heavy atom. The van der Waals surface area contributed by atoms with Gasteiger partial charge in [-0.05, 0) is 50.4 Å². The van der Waals surface area contributed by atoms with Gasteiger partial charge in [-0.15, -0.1) is 0 Å². The van der Waals surface area contributed by atoms with Gasteiger partial charge in [-0.1, -0.05) is 34.6 Å². The van der Waals surface area contributed by atoms with Crippen molar-refractivity contribution in [3.8, 4) is 0 Å². The van der Waals surface area contributed by atoms with Crippen molar-refractivity contribution >= 4 is 0 Å². The summed E-state index contributed by atoms with van der Waals surface area (Å²) in [6, 6.07) is 0. The average Bonchev–Trinajstić information content (AvgIpc) is 2.14. The summed E-state index contributed by atoms with van der Waals surface area (Å²) in [4.78, 5) is 0. The number of hydrogen-bond donors (Lipinski definition) is 2. The third-order valence-electron chi connectivity index (χ3n) is 3.19. The van der Waals surface area contributed by atoms with Crippen LogP contribution in [0.5, 0.6) is 0 Å². The quantitative estimate of drug-likeness (QED) is 0.607. The van der Waals surface area contributed by atoms with Crippen LogP contribution >= 0.6 is 0 Å². The van der Waals surface area contributed by atoms with E-state index >= 15 is 0 Å². The van der Waals surface area contributed by atoms with Crippen LogP contribution in [0.1, 0.15) is 47.5 Å². The molecule has 15 heavy (non-hydrogen) atoms. The summed E-state index contributed by atoms with van der Waals surface area (Å²) >= 11 is 0. The molecule has 1 unspecified atom stereocenters. The van der Waals surface area contributed by atoms with Gasteiger partial charge in [-0.3, -0.25) is 0 Å². The van der Waals surface area contributed by atoms with E-state index in [-0.39, 0.29) is 0 Å². The lowest BCUT2D eigenvalue weighted by molar-refractivity contribution is 0.245. The molecule has 0 radical (unpaired) electrons. The first kappa shape index (κ1) is 14.9. The molecule has 0 saturated carbocycles. The maximum Gasteiger partial charge on any atom is -0.00368 e. The molecular formula is C13H30N2. The van der Waals surface area contributed by atoms with Crippen LogP contribution in [0.4, 0.5) is 0 Å². The summed E-state index contributed by atoms with van der Waals surface area (Å²) < 4.78 is 0. The number of rotatable bonds is 8. The van der Waals surface area contributed by atoms with Gasteiger partial charge in [0.15, 0.2) is 0 Å². The van der Waals surface area contributed by atoms with Gasteiger partial charge >= 0.3 is 0 Å². The highest BCUT2D eigenvalue weighted by Crippen LogP contribution is 2.27. The Morgan fingerprint density at radius 1 is 1.00 bits per heavy atom. The highest BCUT2D eigenvalue weighted by molar-refractivity contribution is 4.70. The van der Waals surface area contributed by atoms with Gasteiger partial charge in [0.1, 0.15) is 0 Å². The predicted octanol–water partition coefficient (Wildman–Crippen LogP) is 2.65. The van der Waals surface area contributed by atoms with Crippen LogP contribution in [0, 0.1) is 11.3 Å². The fraction of sp³-hybridized carbons (Fsp3) is 1.00. The van der Waals surface area contributed by atoms with E-state index < -0.39 is 0 Å². The zero-order valence-corrected chi connectivity index (χ0v) is 11.3. The molecule has 0 saturated heterocycles. The average molecular weight is 214 g/mol. The van der Waals surface area contributed by atoms with Crippen LogP contribution < -0.4 is 10.6 Å². The Bertz CT molecular complexity index is 138. The zero-order valence-electron chi connectivity index (χ0n) is 11.3. The molecule has 2 heteroatoms. The topological polar surface area (TPSA) is 24.1 Å². The zero-order chi connectivity index (χ0) is 11.7. The number of nitrogens with one attached hydrogen (secondary N) is 2. The Morgan fingerprint density at radius 2 is 1.60 bits per heavy atom. The summed E-state index contributed by atoms with van der Waals surface area (Å²) in [5.74, 6) is 0.791. The molecular weight excluding hydrogens is 184 g/mol. The number of hydrogen-bond acceptors (Lipinski definition) is 2. The Labute approximate surface area is 96.2 Å². The SMILES string of the molecule is CCNCCCNCCC(C)C(C)(C)C. The van der Waals surface area contributed by atoms with Crippen LogP contribution in [0.25, 0.3) is 0 Å². The van der Waals surface area contributed by atoms with Crippen molar-refractivity contribution < 1.29 is 0 Å². The van der Waals surface area contributed by atoms with Gasteiger partial charge < -0.3 is 10.6 Å². The smallest absolute Gasteiger partial charge is 0.00368 e. The predicted molar refractivity (Wildman–Crippen MR) is 69.3 cm³/mol. The van der Waals surface area contributed by atoms with Gasteiger partial charge in [-0.2, -0.15) is 0 Å². The van der Waals surface area contributed by atoms with Gasteiger partial charge in [0.05, 0.1) is 0 Å². The van der Waals surface area contributed by atoms with E-state index in [1.165, 1.54) is 12.8 Å². The minimum absolute atomic E-state index is 0.450. The summed E-state index contributed by atoms with van der Waals surface area (Å²) in [5.41, 5.74) is 0.450. The van der Waals surface area contributed by atoms with Crippen LogP contribution in [0.15, 0.2) is 0 Å². The third-order valence-corrected chi connectivity index (χ3v) is 3.19. The second-order valence-corrected chi connectivity index (χ2v) is 5.51. The molecule has 0 amide bonds. The van der Waals surface area contributed by atoms with E-state index in [4.69, 9.17) is 0 Å². The molecule has 0 heterocycles. The first-order chi connectivity index (χ1) is 6.98.